The lowest BCUT2D eigenvalue weighted by molar-refractivity contribution is 0.498. The molecular formula is C18H16F2N2OS. The largest absolute Gasteiger partial charge is 0.463 e. The Morgan fingerprint density at radius 2 is 2.00 bits per heavy atom. The van der Waals surface area contributed by atoms with E-state index in [0.717, 1.165) is 30.4 Å². The second-order valence-corrected chi connectivity index (χ2v) is 6.73. The highest BCUT2D eigenvalue weighted by atomic mass is 32.1. The third-order valence-corrected chi connectivity index (χ3v) is 5.17. The molecule has 0 N–H and O–H groups in total. The Kier molecular flexibility index (Phi) is 4.06. The van der Waals surface area contributed by atoms with Crippen LogP contribution >= 0.6 is 11.3 Å². The van der Waals surface area contributed by atoms with E-state index in [0.29, 0.717) is 10.8 Å². The summed E-state index contributed by atoms with van der Waals surface area (Å²) in [5.74, 6) is -0.474. The molecular weight excluding hydrogens is 330 g/mol. The van der Waals surface area contributed by atoms with Crippen LogP contribution in [0.4, 0.5) is 14.5 Å². The third kappa shape index (κ3) is 2.82. The van der Waals surface area contributed by atoms with Crippen molar-refractivity contribution >= 4 is 17.0 Å². The minimum atomic E-state index is -0.652. The summed E-state index contributed by atoms with van der Waals surface area (Å²) in [4.78, 5) is 5.16. The number of furan rings is 1. The third-order valence-electron chi connectivity index (χ3n) is 4.33. The number of benzene rings is 1. The zero-order chi connectivity index (χ0) is 16.5. The van der Waals surface area contributed by atoms with E-state index in [1.807, 2.05) is 17.5 Å². The zero-order valence-corrected chi connectivity index (χ0v) is 13.7. The predicted molar refractivity (Wildman–Crippen MR) is 89.1 cm³/mol. The Balaban J connectivity index is 1.87. The summed E-state index contributed by atoms with van der Waals surface area (Å²) >= 11 is 1.44. The number of rotatable bonds is 3. The minimum Gasteiger partial charge on any atom is -0.463 e. The van der Waals surface area contributed by atoms with E-state index in [1.165, 1.54) is 36.3 Å². The van der Waals surface area contributed by atoms with E-state index in [9.17, 15) is 8.78 Å². The summed E-state index contributed by atoms with van der Waals surface area (Å²) in [6, 6.07) is 7.55. The average molecular weight is 346 g/mol. The minimum absolute atomic E-state index is 0.149. The van der Waals surface area contributed by atoms with Crippen LogP contribution in [0, 0.1) is 11.6 Å². The first-order valence-corrected chi connectivity index (χ1v) is 8.84. The van der Waals surface area contributed by atoms with Crippen molar-refractivity contribution in [1.29, 1.82) is 0 Å². The first kappa shape index (κ1) is 15.3. The molecule has 0 spiro atoms. The van der Waals surface area contributed by atoms with Gasteiger partial charge in [-0.2, -0.15) is 0 Å². The van der Waals surface area contributed by atoms with Crippen molar-refractivity contribution in [2.24, 2.45) is 4.99 Å². The molecule has 1 saturated carbocycles. The van der Waals surface area contributed by atoms with Crippen LogP contribution in [-0.4, -0.2) is 4.57 Å². The lowest BCUT2D eigenvalue weighted by Gasteiger charge is -2.14. The van der Waals surface area contributed by atoms with E-state index >= 15 is 0 Å². The van der Waals surface area contributed by atoms with Gasteiger partial charge in [-0.3, -0.25) is 0 Å². The molecule has 2 heterocycles. The molecule has 1 aliphatic rings. The van der Waals surface area contributed by atoms with Gasteiger partial charge in [-0.15, -0.1) is 11.3 Å². The quantitative estimate of drug-likeness (QED) is 0.621. The Morgan fingerprint density at radius 1 is 1.17 bits per heavy atom. The summed E-state index contributed by atoms with van der Waals surface area (Å²) in [5, 5.41) is 1.98. The molecule has 0 aliphatic heterocycles. The lowest BCUT2D eigenvalue weighted by Crippen LogP contribution is -2.19. The first-order valence-electron chi connectivity index (χ1n) is 7.96. The first-order chi connectivity index (χ1) is 11.7. The number of thiazole rings is 1. The van der Waals surface area contributed by atoms with Crippen molar-refractivity contribution in [1.82, 2.24) is 4.57 Å². The molecule has 3 nitrogen and oxygen atoms in total. The van der Waals surface area contributed by atoms with Crippen molar-refractivity contribution in [2.45, 2.75) is 31.7 Å². The van der Waals surface area contributed by atoms with Gasteiger partial charge in [0.1, 0.15) is 11.5 Å². The fraction of sp³-hybridized carbons (Fsp3) is 0.278. The Bertz CT molecular complexity index is 905. The van der Waals surface area contributed by atoms with Gasteiger partial charge in [0, 0.05) is 17.5 Å². The molecule has 0 bridgehead atoms. The highest BCUT2D eigenvalue weighted by Gasteiger charge is 2.22. The topological polar surface area (TPSA) is 30.4 Å². The molecule has 1 aliphatic carbocycles. The van der Waals surface area contributed by atoms with Crippen LogP contribution < -0.4 is 4.80 Å². The van der Waals surface area contributed by atoms with Crippen molar-refractivity contribution in [3.8, 4) is 11.5 Å². The van der Waals surface area contributed by atoms with Gasteiger partial charge < -0.3 is 8.98 Å². The average Bonchev–Trinajstić information content (AvgIpc) is 3.30. The highest BCUT2D eigenvalue weighted by molar-refractivity contribution is 7.07. The second-order valence-electron chi connectivity index (χ2n) is 5.90. The maximum absolute atomic E-state index is 14.0. The van der Waals surface area contributed by atoms with E-state index in [1.54, 1.807) is 6.26 Å². The molecule has 0 amide bonds. The SMILES string of the molecule is Fc1ccc(N=c2scc(-c3ccco3)n2C2CCCC2)c(F)c1. The smallest absolute Gasteiger partial charge is 0.190 e. The summed E-state index contributed by atoms with van der Waals surface area (Å²) < 4.78 is 34.8. The summed E-state index contributed by atoms with van der Waals surface area (Å²) in [7, 11) is 0. The number of halogens is 2. The summed E-state index contributed by atoms with van der Waals surface area (Å²) in [6.45, 7) is 0. The molecule has 0 unspecified atom stereocenters. The van der Waals surface area contributed by atoms with Gasteiger partial charge in [-0.1, -0.05) is 12.8 Å². The predicted octanol–water partition coefficient (Wildman–Crippen LogP) is 5.44. The van der Waals surface area contributed by atoms with Crippen molar-refractivity contribution in [2.75, 3.05) is 0 Å². The maximum Gasteiger partial charge on any atom is 0.190 e. The van der Waals surface area contributed by atoms with Gasteiger partial charge in [0.05, 0.1) is 12.0 Å². The van der Waals surface area contributed by atoms with E-state index in [4.69, 9.17) is 4.42 Å². The van der Waals surface area contributed by atoms with Crippen LogP contribution in [0.1, 0.15) is 31.7 Å². The lowest BCUT2D eigenvalue weighted by atomic mass is 10.2. The molecule has 0 radical (unpaired) electrons. The summed E-state index contributed by atoms with van der Waals surface area (Å²) in [6.07, 6.45) is 6.14. The molecule has 0 saturated heterocycles. The molecule has 0 atom stereocenters. The number of aromatic nitrogens is 1. The van der Waals surface area contributed by atoms with Crippen LogP contribution in [0.25, 0.3) is 11.5 Å². The maximum atomic E-state index is 14.0. The van der Waals surface area contributed by atoms with Crippen LogP contribution in [0.3, 0.4) is 0 Å². The van der Waals surface area contributed by atoms with Crippen molar-refractivity contribution < 1.29 is 13.2 Å². The van der Waals surface area contributed by atoms with E-state index < -0.39 is 11.6 Å². The number of hydrogen-bond donors (Lipinski definition) is 0. The standard InChI is InChI=1S/C18H16F2N2OS/c19-12-7-8-15(14(20)10-12)21-18-22(13-4-1-2-5-13)16(11-24-18)17-6-3-9-23-17/h3,6-11,13H,1-2,4-5H2. The van der Waals surface area contributed by atoms with Crippen LogP contribution in [0.2, 0.25) is 0 Å². The van der Waals surface area contributed by atoms with Crippen LogP contribution in [0.15, 0.2) is 51.4 Å². The van der Waals surface area contributed by atoms with Crippen LogP contribution in [-0.2, 0) is 0 Å². The molecule has 124 valence electrons. The molecule has 3 aromatic rings. The van der Waals surface area contributed by atoms with Crippen molar-refractivity contribution in [3.05, 3.63) is 58.4 Å². The molecule has 1 aromatic carbocycles. The van der Waals surface area contributed by atoms with Crippen molar-refractivity contribution in [3.63, 3.8) is 0 Å². The molecule has 24 heavy (non-hydrogen) atoms. The molecule has 4 rings (SSSR count). The Labute approximate surface area is 141 Å². The normalized spacial score (nSPS) is 16.2. The fourth-order valence-electron chi connectivity index (χ4n) is 3.20. The number of hydrogen-bond acceptors (Lipinski definition) is 3. The monoisotopic (exact) mass is 346 g/mol. The van der Waals surface area contributed by atoms with Crippen LogP contribution in [0.5, 0.6) is 0 Å². The van der Waals surface area contributed by atoms with Gasteiger partial charge >= 0.3 is 0 Å². The summed E-state index contributed by atoms with van der Waals surface area (Å²) in [5.41, 5.74) is 1.11. The van der Waals surface area contributed by atoms with Gasteiger partial charge in [-0.05, 0) is 37.1 Å². The highest BCUT2D eigenvalue weighted by Crippen LogP contribution is 2.33. The van der Waals surface area contributed by atoms with E-state index in [-0.39, 0.29) is 5.69 Å². The van der Waals surface area contributed by atoms with Gasteiger partial charge in [-0.25, -0.2) is 13.8 Å². The zero-order valence-electron chi connectivity index (χ0n) is 12.9. The molecule has 6 heteroatoms. The second kappa shape index (κ2) is 6.36. The van der Waals surface area contributed by atoms with Gasteiger partial charge in [0.25, 0.3) is 0 Å². The fourth-order valence-corrected chi connectivity index (χ4v) is 4.16. The van der Waals surface area contributed by atoms with E-state index in [2.05, 4.69) is 9.56 Å². The number of nitrogens with zero attached hydrogens (tertiary/aromatic N) is 2. The Hall–Kier alpha value is -2.21. The Morgan fingerprint density at radius 3 is 2.71 bits per heavy atom. The van der Waals surface area contributed by atoms with Gasteiger partial charge in [0.15, 0.2) is 16.4 Å². The molecule has 2 aromatic heterocycles. The molecule has 1 fully saturated rings. The van der Waals surface area contributed by atoms with Gasteiger partial charge in [0.2, 0.25) is 0 Å².